The minimum atomic E-state index is -0.936. The zero-order chi connectivity index (χ0) is 15.0. The quantitative estimate of drug-likeness (QED) is 0.931. The van der Waals surface area contributed by atoms with Gasteiger partial charge in [-0.2, -0.15) is 0 Å². The fourth-order valence-corrected chi connectivity index (χ4v) is 3.37. The van der Waals surface area contributed by atoms with Gasteiger partial charge in [0.2, 0.25) is 0 Å². The summed E-state index contributed by atoms with van der Waals surface area (Å²) >= 11 is 0. The molecule has 0 unspecified atom stereocenters. The van der Waals surface area contributed by atoms with Crippen LogP contribution in [0.25, 0.3) is 11.0 Å². The van der Waals surface area contributed by atoms with Crippen molar-refractivity contribution >= 4 is 17.0 Å². The molecule has 0 atom stereocenters. The molecule has 6 nitrogen and oxygen atoms in total. The Balaban J connectivity index is 2.07. The fraction of sp³-hybridized carbons (Fsp3) is 0.533. The number of nitrogens with zero attached hydrogens (tertiary/aromatic N) is 4. The fourth-order valence-electron chi connectivity index (χ4n) is 3.37. The molecule has 112 valence electrons. The second-order valence-corrected chi connectivity index (χ2v) is 6.05. The first-order valence-electron chi connectivity index (χ1n) is 7.26. The summed E-state index contributed by atoms with van der Waals surface area (Å²) in [6.45, 7) is 0.681. The highest BCUT2D eigenvalue weighted by molar-refractivity contribution is 6.00. The minimum Gasteiger partial charge on any atom is -0.478 e. The van der Waals surface area contributed by atoms with Gasteiger partial charge in [0.1, 0.15) is 11.0 Å². The van der Waals surface area contributed by atoms with E-state index in [1.54, 1.807) is 16.8 Å². The molecule has 0 radical (unpaired) electrons. The van der Waals surface area contributed by atoms with Crippen LogP contribution in [0.3, 0.4) is 0 Å². The van der Waals surface area contributed by atoms with Gasteiger partial charge in [-0.25, -0.2) is 9.48 Å². The topological polar surface area (TPSA) is 71.2 Å². The molecule has 0 saturated heterocycles. The Hall–Kier alpha value is -1.95. The molecule has 1 fully saturated rings. The molecule has 0 spiro atoms. The Labute approximate surface area is 123 Å². The molecule has 6 heteroatoms. The first kappa shape index (κ1) is 14.0. The zero-order valence-electron chi connectivity index (χ0n) is 12.4. The second-order valence-electron chi connectivity index (χ2n) is 6.05. The summed E-state index contributed by atoms with van der Waals surface area (Å²) in [5, 5.41) is 17.7. The third-order valence-electron chi connectivity index (χ3n) is 4.69. The lowest BCUT2D eigenvalue weighted by molar-refractivity contribution is 0.0698. The molecular formula is C15H20N4O2. The van der Waals surface area contributed by atoms with E-state index in [-0.39, 0.29) is 11.1 Å². The molecule has 1 aliphatic rings. The van der Waals surface area contributed by atoms with Crippen LogP contribution in [0.1, 0.15) is 36.0 Å². The number of carboxylic acids is 1. The standard InChI is InChI=1S/C15H20N4O2/c1-18(2)15(8-3-4-9-15)10-19-13-11(14(20)21)6-5-7-12(13)16-17-19/h5-7H,3-4,8-10H2,1-2H3,(H,20,21). The third-order valence-corrected chi connectivity index (χ3v) is 4.69. The summed E-state index contributed by atoms with van der Waals surface area (Å²) < 4.78 is 1.77. The molecule has 2 aromatic rings. The van der Waals surface area contributed by atoms with Gasteiger partial charge in [-0.3, -0.25) is 0 Å². The lowest BCUT2D eigenvalue weighted by atomic mass is 9.96. The molecule has 1 aromatic heterocycles. The van der Waals surface area contributed by atoms with Crippen molar-refractivity contribution in [1.29, 1.82) is 0 Å². The second kappa shape index (κ2) is 5.11. The summed E-state index contributed by atoms with van der Waals surface area (Å²) in [7, 11) is 4.17. The summed E-state index contributed by atoms with van der Waals surface area (Å²) in [5.41, 5.74) is 1.58. The van der Waals surface area contributed by atoms with Crippen molar-refractivity contribution in [3.8, 4) is 0 Å². The van der Waals surface area contributed by atoms with Gasteiger partial charge in [0, 0.05) is 5.54 Å². The van der Waals surface area contributed by atoms with E-state index in [2.05, 4.69) is 29.3 Å². The van der Waals surface area contributed by atoms with Crippen molar-refractivity contribution in [2.75, 3.05) is 14.1 Å². The highest BCUT2D eigenvalue weighted by Gasteiger charge is 2.37. The number of carbonyl (C=O) groups is 1. The van der Waals surface area contributed by atoms with E-state index in [0.29, 0.717) is 17.6 Å². The zero-order valence-corrected chi connectivity index (χ0v) is 12.4. The van der Waals surface area contributed by atoms with Crippen molar-refractivity contribution in [3.63, 3.8) is 0 Å². The predicted octanol–water partition coefficient (Wildman–Crippen LogP) is 2.00. The smallest absolute Gasteiger partial charge is 0.337 e. The van der Waals surface area contributed by atoms with Gasteiger partial charge in [0.15, 0.2) is 0 Å². The molecule has 1 aromatic carbocycles. The van der Waals surface area contributed by atoms with Crippen LogP contribution in [0.2, 0.25) is 0 Å². The van der Waals surface area contributed by atoms with Crippen molar-refractivity contribution in [1.82, 2.24) is 19.9 Å². The molecule has 21 heavy (non-hydrogen) atoms. The van der Waals surface area contributed by atoms with Gasteiger partial charge < -0.3 is 10.0 Å². The van der Waals surface area contributed by atoms with Crippen LogP contribution >= 0.6 is 0 Å². The average molecular weight is 288 g/mol. The van der Waals surface area contributed by atoms with Crippen LogP contribution in [-0.4, -0.2) is 50.6 Å². The predicted molar refractivity (Wildman–Crippen MR) is 79.4 cm³/mol. The number of fused-ring (bicyclic) bond motifs is 1. The molecule has 1 N–H and O–H groups in total. The highest BCUT2D eigenvalue weighted by Crippen LogP contribution is 2.35. The minimum absolute atomic E-state index is 0.0479. The largest absolute Gasteiger partial charge is 0.478 e. The van der Waals surface area contributed by atoms with E-state index < -0.39 is 5.97 Å². The van der Waals surface area contributed by atoms with E-state index in [0.717, 1.165) is 12.8 Å². The Morgan fingerprint density at radius 1 is 1.38 bits per heavy atom. The molecule has 3 rings (SSSR count). The van der Waals surface area contributed by atoms with Gasteiger partial charge in [0.05, 0.1) is 12.1 Å². The maximum Gasteiger partial charge on any atom is 0.337 e. The molecule has 1 aliphatic carbocycles. The van der Waals surface area contributed by atoms with E-state index in [1.165, 1.54) is 12.8 Å². The van der Waals surface area contributed by atoms with Crippen molar-refractivity contribution < 1.29 is 9.90 Å². The number of aromatic carboxylic acids is 1. The number of hydrogen-bond acceptors (Lipinski definition) is 4. The molecule has 0 amide bonds. The number of carboxylic acid groups (broad SMARTS) is 1. The number of rotatable bonds is 4. The summed E-state index contributed by atoms with van der Waals surface area (Å²) in [4.78, 5) is 13.7. The Morgan fingerprint density at radius 3 is 2.71 bits per heavy atom. The first-order chi connectivity index (χ1) is 10.0. The van der Waals surface area contributed by atoms with Gasteiger partial charge in [0.25, 0.3) is 0 Å². The molecule has 1 saturated carbocycles. The monoisotopic (exact) mass is 288 g/mol. The van der Waals surface area contributed by atoms with Crippen molar-refractivity contribution in [2.24, 2.45) is 0 Å². The van der Waals surface area contributed by atoms with E-state index in [1.807, 2.05) is 6.07 Å². The summed E-state index contributed by atoms with van der Waals surface area (Å²) in [6, 6.07) is 5.13. The average Bonchev–Trinajstić information content (AvgIpc) is 3.07. The number of benzene rings is 1. The Bertz CT molecular complexity index is 671. The first-order valence-corrected chi connectivity index (χ1v) is 7.26. The van der Waals surface area contributed by atoms with Crippen LogP contribution in [0.15, 0.2) is 18.2 Å². The lowest BCUT2D eigenvalue weighted by Crippen LogP contribution is -2.45. The van der Waals surface area contributed by atoms with E-state index in [4.69, 9.17) is 0 Å². The number of hydrogen-bond donors (Lipinski definition) is 1. The van der Waals surface area contributed by atoms with Crippen molar-refractivity contribution in [2.45, 2.75) is 37.8 Å². The third kappa shape index (κ3) is 2.29. The van der Waals surface area contributed by atoms with Gasteiger partial charge in [-0.1, -0.05) is 24.1 Å². The molecule has 0 bridgehead atoms. The SMILES string of the molecule is CN(C)C1(Cn2nnc3cccc(C(=O)O)c32)CCCC1. The van der Waals surface area contributed by atoms with Crippen molar-refractivity contribution in [3.05, 3.63) is 23.8 Å². The molecular weight excluding hydrogens is 268 g/mol. The maximum atomic E-state index is 11.4. The van der Waals surface area contributed by atoms with Gasteiger partial charge in [-0.15, -0.1) is 5.10 Å². The van der Waals surface area contributed by atoms with E-state index in [9.17, 15) is 9.90 Å². The van der Waals surface area contributed by atoms with Crippen LogP contribution in [0.5, 0.6) is 0 Å². The van der Waals surface area contributed by atoms with Crippen LogP contribution in [0.4, 0.5) is 0 Å². The Kier molecular flexibility index (Phi) is 3.41. The number of aromatic nitrogens is 3. The lowest BCUT2D eigenvalue weighted by Gasteiger charge is -2.36. The highest BCUT2D eigenvalue weighted by atomic mass is 16.4. The van der Waals surface area contributed by atoms with Crippen LogP contribution < -0.4 is 0 Å². The molecule has 1 heterocycles. The summed E-state index contributed by atoms with van der Waals surface area (Å²) in [5.74, 6) is -0.936. The Morgan fingerprint density at radius 2 is 2.10 bits per heavy atom. The normalized spacial score (nSPS) is 17.7. The van der Waals surface area contributed by atoms with E-state index >= 15 is 0 Å². The summed E-state index contributed by atoms with van der Waals surface area (Å²) in [6.07, 6.45) is 4.63. The number of para-hydroxylation sites is 1. The molecule has 0 aliphatic heterocycles. The number of likely N-dealkylation sites (N-methyl/N-ethyl adjacent to an activating group) is 1. The van der Waals surface area contributed by atoms with Crippen LogP contribution in [-0.2, 0) is 6.54 Å². The maximum absolute atomic E-state index is 11.4. The van der Waals surface area contributed by atoms with Crippen LogP contribution in [0, 0.1) is 0 Å². The van der Waals surface area contributed by atoms with Gasteiger partial charge in [-0.05, 0) is 39.1 Å². The van der Waals surface area contributed by atoms with Gasteiger partial charge >= 0.3 is 5.97 Å².